The van der Waals surface area contributed by atoms with E-state index in [1.54, 1.807) is 13.8 Å². The first-order valence-electron chi connectivity index (χ1n) is 5.36. The molecule has 0 saturated heterocycles. The molecule has 0 aliphatic carbocycles. The monoisotopic (exact) mass is 275 g/mol. The molecule has 18 heavy (non-hydrogen) atoms. The highest BCUT2D eigenvalue weighted by molar-refractivity contribution is 7.80. The van der Waals surface area contributed by atoms with Gasteiger partial charge in [0.25, 0.3) is 5.17 Å². The fourth-order valence-corrected chi connectivity index (χ4v) is 0.955. The third-order valence-electron chi connectivity index (χ3n) is 1.58. The minimum atomic E-state index is -0.482. The van der Waals surface area contributed by atoms with E-state index in [9.17, 15) is 9.59 Å². The maximum Gasteiger partial charge on any atom is 0.333 e. The van der Waals surface area contributed by atoms with Crippen LogP contribution in [0.25, 0.3) is 0 Å². The van der Waals surface area contributed by atoms with Crippen LogP contribution in [-0.4, -0.2) is 43.5 Å². The largest absolute Gasteiger partial charge is 0.467 e. The molecule has 0 spiro atoms. The molecule has 0 rings (SSSR count). The van der Waals surface area contributed by atoms with Crippen molar-refractivity contribution in [3.05, 3.63) is 12.2 Å². The zero-order valence-corrected chi connectivity index (χ0v) is 11.3. The van der Waals surface area contributed by atoms with Crippen molar-refractivity contribution in [3.8, 4) is 0 Å². The number of hydrogen-bond acceptors (Lipinski definition) is 6. The van der Waals surface area contributed by atoms with Crippen molar-refractivity contribution in [3.63, 3.8) is 0 Å². The van der Waals surface area contributed by atoms with E-state index < -0.39 is 11.9 Å². The molecule has 0 atom stereocenters. The predicted octanol–water partition coefficient (Wildman–Crippen LogP) is 0.560. The van der Waals surface area contributed by atoms with Crippen molar-refractivity contribution in [2.45, 2.75) is 13.8 Å². The molecule has 1 N–H and O–H groups in total. The fraction of sp³-hybridized carbons (Fsp3) is 0.545. The Morgan fingerprint density at radius 2 is 1.83 bits per heavy atom. The number of ether oxygens (including phenoxy) is 3. The van der Waals surface area contributed by atoms with Gasteiger partial charge in [0.15, 0.2) is 0 Å². The van der Waals surface area contributed by atoms with Crippen molar-refractivity contribution in [1.29, 1.82) is 0 Å². The van der Waals surface area contributed by atoms with Gasteiger partial charge in [0.1, 0.15) is 19.8 Å². The molecule has 7 heteroatoms. The third kappa shape index (κ3) is 8.51. The van der Waals surface area contributed by atoms with Gasteiger partial charge < -0.3 is 19.5 Å². The minimum absolute atomic E-state index is 0.0504. The molecule has 0 radical (unpaired) electrons. The molecular weight excluding hydrogens is 258 g/mol. The first kappa shape index (κ1) is 16.4. The average molecular weight is 275 g/mol. The molecule has 0 unspecified atom stereocenters. The molecule has 102 valence electrons. The van der Waals surface area contributed by atoms with Gasteiger partial charge in [-0.05, 0) is 26.1 Å². The second kappa shape index (κ2) is 9.41. The number of carbonyl (C=O) groups is 2. The highest BCUT2D eigenvalue weighted by Gasteiger charge is 2.05. The SMILES string of the molecule is C=C(C)C(=O)OCCOC(=S)NCC(=O)OCC. The minimum Gasteiger partial charge on any atom is -0.467 e. The summed E-state index contributed by atoms with van der Waals surface area (Å²) in [5.41, 5.74) is 0.318. The molecule has 0 bridgehead atoms. The first-order valence-corrected chi connectivity index (χ1v) is 5.77. The van der Waals surface area contributed by atoms with E-state index in [4.69, 9.17) is 21.7 Å². The second-order valence-corrected chi connectivity index (χ2v) is 3.58. The smallest absolute Gasteiger partial charge is 0.333 e. The molecule has 0 aromatic carbocycles. The Kier molecular flexibility index (Phi) is 8.55. The summed E-state index contributed by atoms with van der Waals surface area (Å²) in [4.78, 5) is 22.0. The van der Waals surface area contributed by atoms with Crippen molar-refractivity contribution >= 4 is 29.3 Å². The molecule has 0 aliphatic heterocycles. The van der Waals surface area contributed by atoms with E-state index >= 15 is 0 Å². The van der Waals surface area contributed by atoms with Crippen LogP contribution in [0.2, 0.25) is 0 Å². The fourth-order valence-electron chi connectivity index (χ4n) is 0.799. The van der Waals surface area contributed by atoms with Gasteiger partial charge in [-0.1, -0.05) is 6.58 Å². The maximum absolute atomic E-state index is 11.0. The van der Waals surface area contributed by atoms with Gasteiger partial charge in [-0.25, -0.2) is 4.79 Å². The standard InChI is InChI=1S/C11H17NO5S/c1-4-15-9(13)7-12-11(18)17-6-5-16-10(14)8(2)3/h2,4-7H2,1,3H3,(H,12,18). The Labute approximate surface area is 111 Å². The molecule has 0 aromatic heterocycles. The van der Waals surface area contributed by atoms with Crippen LogP contribution < -0.4 is 5.32 Å². The van der Waals surface area contributed by atoms with Crippen LogP contribution >= 0.6 is 12.2 Å². The molecule has 0 aromatic rings. The quantitative estimate of drug-likeness (QED) is 0.315. The predicted molar refractivity (Wildman–Crippen MR) is 69.0 cm³/mol. The summed E-state index contributed by atoms with van der Waals surface area (Å²) in [5, 5.41) is 2.61. The Bertz CT molecular complexity index is 329. The summed E-state index contributed by atoms with van der Waals surface area (Å²) in [6.07, 6.45) is 0. The van der Waals surface area contributed by atoms with Gasteiger partial charge in [0.2, 0.25) is 0 Å². The van der Waals surface area contributed by atoms with Crippen LogP contribution in [0.4, 0.5) is 0 Å². The lowest BCUT2D eigenvalue weighted by Crippen LogP contribution is -2.31. The van der Waals surface area contributed by atoms with E-state index in [0.29, 0.717) is 12.2 Å². The zero-order valence-electron chi connectivity index (χ0n) is 10.5. The molecule has 0 heterocycles. The van der Waals surface area contributed by atoms with Crippen molar-refractivity contribution in [2.24, 2.45) is 0 Å². The summed E-state index contributed by atoms with van der Waals surface area (Å²) < 4.78 is 14.5. The van der Waals surface area contributed by atoms with Gasteiger partial charge in [-0.2, -0.15) is 0 Å². The number of thiocarbonyl (C=S) groups is 1. The Morgan fingerprint density at radius 3 is 2.39 bits per heavy atom. The number of nitrogens with one attached hydrogen (secondary N) is 1. The van der Waals surface area contributed by atoms with Gasteiger partial charge in [0.05, 0.1) is 6.61 Å². The summed E-state index contributed by atoms with van der Waals surface area (Å²) >= 11 is 4.79. The van der Waals surface area contributed by atoms with E-state index in [0.717, 1.165) is 0 Å². The average Bonchev–Trinajstić information content (AvgIpc) is 2.32. The first-order chi connectivity index (χ1) is 8.47. The highest BCUT2D eigenvalue weighted by Crippen LogP contribution is 1.91. The molecule has 0 aliphatic rings. The summed E-state index contributed by atoms with van der Waals surface area (Å²) in [6, 6.07) is 0. The van der Waals surface area contributed by atoms with Crippen molar-refractivity contribution < 1.29 is 23.8 Å². The molecule has 0 amide bonds. The second-order valence-electron chi connectivity index (χ2n) is 3.21. The van der Waals surface area contributed by atoms with Crippen LogP contribution in [0, 0.1) is 0 Å². The van der Waals surface area contributed by atoms with Crippen LogP contribution in [0.3, 0.4) is 0 Å². The topological polar surface area (TPSA) is 73.9 Å². The Balaban J connectivity index is 3.57. The number of hydrogen-bond donors (Lipinski definition) is 1. The summed E-state index contributed by atoms with van der Waals surface area (Å²) in [7, 11) is 0. The Hall–Kier alpha value is -1.63. The van der Waals surface area contributed by atoms with Crippen LogP contribution in [0.5, 0.6) is 0 Å². The zero-order chi connectivity index (χ0) is 14.0. The van der Waals surface area contributed by atoms with Gasteiger partial charge in [-0.3, -0.25) is 4.79 Å². The molecular formula is C11H17NO5S. The number of carbonyl (C=O) groups excluding carboxylic acids is 2. The molecule has 0 fully saturated rings. The van der Waals surface area contributed by atoms with E-state index in [1.807, 2.05) is 0 Å². The van der Waals surface area contributed by atoms with Crippen molar-refractivity contribution in [1.82, 2.24) is 5.32 Å². The van der Waals surface area contributed by atoms with E-state index in [1.165, 1.54) is 0 Å². The lowest BCUT2D eigenvalue weighted by Gasteiger charge is -2.09. The van der Waals surface area contributed by atoms with Crippen LogP contribution in [-0.2, 0) is 23.8 Å². The lowest BCUT2D eigenvalue weighted by molar-refractivity contribution is -0.141. The Morgan fingerprint density at radius 1 is 1.22 bits per heavy atom. The van der Waals surface area contributed by atoms with Crippen LogP contribution in [0.15, 0.2) is 12.2 Å². The van der Waals surface area contributed by atoms with Gasteiger partial charge >= 0.3 is 11.9 Å². The molecule has 6 nitrogen and oxygen atoms in total. The van der Waals surface area contributed by atoms with E-state index in [-0.39, 0.29) is 24.9 Å². The molecule has 0 saturated carbocycles. The third-order valence-corrected chi connectivity index (χ3v) is 1.84. The van der Waals surface area contributed by atoms with Gasteiger partial charge in [0, 0.05) is 5.57 Å². The van der Waals surface area contributed by atoms with E-state index in [2.05, 4.69) is 16.6 Å². The van der Waals surface area contributed by atoms with Crippen molar-refractivity contribution in [2.75, 3.05) is 26.4 Å². The maximum atomic E-state index is 11.0. The lowest BCUT2D eigenvalue weighted by atomic mass is 10.4. The summed E-state index contributed by atoms with van der Waals surface area (Å²) in [5.74, 6) is -0.902. The number of esters is 2. The summed E-state index contributed by atoms with van der Waals surface area (Å²) in [6.45, 7) is 7.11. The van der Waals surface area contributed by atoms with Gasteiger partial charge in [-0.15, -0.1) is 0 Å². The van der Waals surface area contributed by atoms with Crippen LogP contribution in [0.1, 0.15) is 13.8 Å². The highest BCUT2D eigenvalue weighted by atomic mass is 32.1. The normalized spacial score (nSPS) is 9.22. The number of rotatable bonds is 7.